The number of hydrogen-bond donors (Lipinski definition) is 2. The van der Waals surface area contributed by atoms with Gasteiger partial charge in [0.2, 0.25) is 11.8 Å². The van der Waals surface area contributed by atoms with Gasteiger partial charge < -0.3 is 10.6 Å². The second kappa shape index (κ2) is 10.0. The lowest BCUT2D eigenvalue weighted by Gasteiger charge is -2.07. The molecule has 0 unspecified atom stereocenters. The number of halogens is 1. The van der Waals surface area contributed by atoms with Crippen molar-refractivity contribution in [1.29, 1.82) is 0 Å². The highest BCUT2D eigenvalue weighted by Crippen LogP contribution is 2.19. The zero-order chi connectivity index (χ0) is 17.2. The summed E-state index contributed by atoms with van der Waals surface area (Å²) in [4.78, 5) is 24.6. The molecule has 2 aromatic rings. The van der Waals surface area contributed by atoms with E-state index in [1.54, 1.807) is 11.8 Å². The molecule has 0 aliphatic carbocycles. The Balaban J connectivity index is 1.58. The highest BCUT2D eigenvalue weighted by molar-refractivity contribution is 7.99. The molecule has 0 radical (unpaired) electrons. The van der Waals surface area contributed by atoms with Gasteiger partial charge in [0, 0.05) is 22.2 Å². The second-order valence-electron chi connectivity index (χ2n) is 5.09. The van der Waals surface area contributed by atoms with Crippen molar-refractivity contribution in [3.8, 4) is 0 Å². The van der Waals surface area contributed by atoms with Crippen LogP contribution in [0.3, 0.4) is 0 Å². The van der Waals surface area contributed by atoms with Gasteiger partial charge in [-0.05, 0) is 29.8 Å². The number of rotatable bonds is 8. The third kappa shape index (κ3) is 7.06. The average Bonchev–Trinajstić information content (AvgIpc) is 2.59. The maximum absolute atomic E-state index is 11.8. The summed E-state index contributed by atoms with van der Waals surface area (Å²) in [5, 5.41) is 6.11. The highest BCUT2D eigenvalue weighted by atomic mass is 35.5. The molecule has 0 bridgehead atoms. The van der Waals surface area contributed by atoms with Crippen LogP contribution in [0.25, 0.3) is 0 Å². The summed E-state index contributed by atoms with van der Waals surface area (Å²) in [6.45, 7) is 0.540. The van der Waals surface area contributed by atoms with Gasteiger partial charge in [-0.1, -0.05) is 41.9 Å². The predicted molar refractivity (Wildman–Crippen MR) is 98.3 cm³/mol. The zero-order valence-electron chi connectivity index (χ0n) is 13.1. The van der Waals surface area contributed by atoms with Crippen LogP contribution in [-0.4, -0.2) is 30.7 Å². The number of carbonyl (C=O) groups is 2. The van der Waals surface area contributed by atoms with Gasteiger partial charge in [-0.2, -0.15) is 0 Å². The van der Waals surface area contributed by atoms with E-state index in [4.69, 9.17) is 11.6 Å². The summed E-state index contributed by atoms with van der Waals surface area (Å²) < 4.78 is 0. The second-order valence-corrected chi connectivity index (χ2v) is 6.70. The van der Waals surface area contributed by atoms with E-state index in [0.717, 1.165) is 16.2 Å². The van der Waals surface area contributed by atoms with Crippen LogP contribution in [0.2, 0.25) is 5.02 Å². The third-order valence-electron chi connectivity index (χ3n) is 3.16. The topological polar surface area (TPSA) is 58.2 Å². The molecule has 0 spiro atoms. The monoisotopic (exact) mass is 362 g/mol. The predicted octanol–water partition coefficient (Wildman–Crippen LogP) is 2.91. The molecular weight excluding hydrogens is 344 g/mol. The van der Waals surface area contributed by atoms with E-state index in [0.29, 0.717) is 11.6 Å². The largest absolute Gasteiger partial charge is 0.354 e. The number of benzene rings is 2. The van der Waals surface area contributed by atoms with E-state index in [1.165, 1.54) is 0 Å². The van der Waals surface area contributed by atoms with Crippen molar-refractivity contribution >= 4 is 35.2 Å². The van der Waals surface area contributed by atoms with Gasteiger partial charge in [-0.3, -0.25) is 9.59 Å². The van der Waals surface area contributed by atoms with Crippen LogP contribution < -0.4 is 10.6 Å². The molecule has 0 aromatic heterocycles. The quantitative estimate of drug-likeness (QED) is 0.560. The van der Waals surface area contributed by atoms with E-state index >= 15 is 0 Å². The van der Waals surface area contributed by atoms with E-state index in [9.17, 15) is 9.59 Å². The minimum Gasteiger partial charge on any atom is -0.354 e. The Hall–Kier alpha value is -1.98. The lowest BCUT2D eigenvalue weighted by atomic mass is 10.1. The Bertz CT molecular complexity index is 662. The number of carbonyl (C=O) groups excluding carboxylic acids is 2. The van der Waals surface area contributed by atoms with Gasteiger partial charge in [0.15, 0.2) is 0 Å². The minimum absolute atomic E-state index is 0.00270. The van der Waals surface area contributed by atoms with Crippen LogP contribution in [0.1, 0.15) is 5.56 Å². The molecule has 0 saturated heterocycles. The van der Waals surface area contributed by atoms with E-state index < -0.39 is 0 Å². The molecular formula is C18H19ClN2O2S. The van der Waals surface area contributed by atoms with Crippen molar-refractivity contribution in [2.75, 3.05) is 18.8 Å². The fourth-order valence-electron chi connectivity index (χ4n) is 1.98. The smallest absolute Gasteiger partial charge is 0.239 e. The first kappa shape index (κ1) is 18.4. The van der Waals surface area contributed by atoms with Gasteiger partial charge in [0.1, 0.15) is 0 Å². The Morgan fingerprint density at radius 1 is 0.917 bits per heavy atom. The molecule has 0 fully saturated rings. The molecule has 126 valence electrons. The van der Waals surface area contributed by atoms with Crippen LogP contribution in [0.15, 0.2) is 59.5 Å². The first-order chi connectivity index (χ1) is 11.6. The van der Waals surface area contributed by atoms with Crippen molar-refractivity contribution in [2.24, 2.45) is 0 Å². The van der Waals surface area contributed by atoms with Gasteiger partial charge >= 0.3 is 0 Å². The first-order valence-corrected chi connectivity index (χ1v) is 8.95. The zero-order valence-corrected chi connectivity index (χ0v) is 14.7. The van der Waals surface area contributed by atoms with Crippen molar-refractivity contribution < 1.29 is 9.59 Å². The summed E-state index contributed by atoms with van der Waals surface area (Å²) in [6.07, 6.45) is 0.278. The molecule has 2 rings (SSSR count). The molecule has 24 heavy (non-hydrogen) atoms. The van der Waals surface area contributed by atoms with Gasteiger partial charge in [0.25, 0.3) is 0 Å². The molecule has 4 nitrogen and oxygen atoms in total. The normalized spacial score (nSPS) is 10.2. The number of hydrogen-bond acceptors (Lipinski definition) is 3. The maximum Gasteiger partial charge on any atom is 0.239 e. The summed E-state index contributed by atoms with van der Waals surface area (Å²) in [5.41, 5.74) is 0.926. The van der Waals surface area contributed by atoms with Gasteiger partial charge in [0.05, 0.1) is 13.0 Å². The van der Waals surface area contributed by atoms with Crippen LogP contribution in [-0.2, 0) is 16.0 Å². The fourth-order valence-corrected chi connectivity index (χ4v) is 2.87. The lowest BCUT2D eigenvalue weighted by Crippen LogP contribution is -2.38. The highest BCUT2D eigenvalue weighted by Gasteiger charge is 2.06. The molecule has 0 heterocycles. The number of thioether (sulfide) groups is 1. The minimum atomic E-state index is -0.187. The van der Waals surface area contributed by atoms with E-state index in [1.807, 2.05) is 54.6 Å². The maximum atomic E-state index is 11.8. The van der Waals surface area contributed by atoms with E-state index in [2.05, 4.69) is 10.6 Å². The van der Waals surface area contributed by atoms with Crippen molar-refractivity contribution in [3.05, 3.63) is 65.2 Å². The molecule has 0 saturated carbocycles. The van der Waals surface area contributed by atoms with Crippen molar-refractivity contribution in [2.45, 2.75) is 11.3 Å². The molecule has 2 N–H and O–H groups in total. The Morgan fingerprint density at radius 2 is 1.62 bits per heavy atom. The molecule has 2 amide bonds. The van der Waals surface area contributed by atoms with Crippen molar-refractivity contribution in [1.82, 2.24) is 10.6 Å². The molecule has 0 aliphatic rings. The standard InChI is InChI=1S/C18H19ClN2O2S/c19-15-6-8-16(9-7-15)24-11-10-20-18(23)13-21-17(22)12-14-4-2-1-3-5-14/h1-9H,10-13H2,(H,20,23)(H,21,22). The molecule has 0 aliphatic heterocycles. The van der Waals surface area contributed by atoms with Crippen LogP contribution >= 0.6 is 23.4 Å². The Labute approximate surface area is 151 Å². The lowest BCUT2D eigenvalue weighted by molar-refractivity contribution is -0.125. The SMILES string of the molecule is O=C(CNC(=O)Cc1ccccc1)NCCSc1ccc(Cl)cc1. The summed E-state index contributed by atoms with van der Waals surface area (Å²) in [5.74, 6) is 0.408. The fraction of sp³-hybridized carbons (Fsp3) is 0.222. The summed E-state index contributed by atoms with van der Waals surface area (Å²) >= 11 is 7.46. The third-order valence-corrected chi connectivity index (χ3v) is 4.43. The number of nitrogens with one attached hydrogen (secondary N) is 2. The van der Waals surface area contributed by atoms with Gasteiger partial charge in [-0.25, -0.2) is 0 Å². The Kier molecular flexibility index (Phi) is 7.65. The van der Waals surface area contributed by atoms with E-state index in [-0.39, 0.29) is 24.8 Å². The van der Waals surface area contributed by atoms with Crippen LogP contribution in [0, 0.1) is 0 Å². The molecule has 0 atom stereocenters. The average molecular weight is 363 g/mol. The molecule has 2 aromatic carbocycles. The number of amides is 2. The van der Waals surface area contributed by atoms with Gasteiger partial charge in [-0.15, -0.1) is 11.8 Å². The summed E-state index contributed by atoms with van der Waals surface area (Å²) in [6, 6.07) is 17.0. The molecule has 6 heteroatoms. The van der Waals surface area contributed by atoms with Crippen LogP contribution in [0.5, 0.6) is 0 Å². The van der Waals surface area contributed by atoms with Crippen molar-refractivity contribution in [3.63, 3.8) is 0 Å². The van der Waals surface area contributed by atoms with Crippen LogP contribution in [0.4, 0.5) is 0 Å². The summed E-state index contributed by atoms with van der Waals surface area (Å²) in [7, 11) is 0. The Morgan fingerprint density at radius 3 is 2.33 bits per heavy atom. The first-order valence-electron chi connectivity index (χ1n) is 7.59.